The number of rotatable bonds is 6. The van der Waals surface area contributed by atoms with Gasteiger partial charge in [-0.2, -0.15) is 0 Å². The fraction of sp³-hybridized carbons (Fsp3) is 0.250. The molecule has 0 aliphatic heterocycles. The lowest BCUT2D eigenvalue weighted by Gasteiger charge is -2.07. The number of fused-ring (bicyclic) bond motifs is 1. The Balaban J connectivity index is 1.96. The normalized spacial score (nSPS) is 11.3. The first-order valence-corrected chi connectivity index (χ1v) is 7.62. The Labute approximate surface area is 136 Å². The van der Waals surface area contributed by atoms with Gasteiger partial charge in [0.15, 0.2) is 0 Å². The van der Waals surface area contributed by atoms with Gasteiger partial charge in [0, 0.05) is 23.9 Å². The number of allylic oxidation sites excluding steroid dienone is 4. The van der Waals surface area contributed by atoms with Gasteiger partial charge in [0.25, 0.3) is 0 Å². The highest BCUT2D eigenvalue weighted by atomic mass is 16.5. The minimum absolute atomic E-state index is 0.355. The van der Waals surface area contributed by atoms with Crippen LogP contribution in [0.5, 0.6) is 5.75 Å². The Morgan fingerprint density at radius 2 is 1.91 bits per heavy atom. The molecule has 1 aromatic carbocycles. The van der Waals surface area contributed by atoms with E-state index in [1.807, 2.05) is 12.1 Å². The summed E-state index contributed by atoms with van der Waals surface area (Å²) in [4.78, 5) is 11.2. The summed E-state index contributed by atoms with van der Waals surface area (Å²) in [7, 11) is 0. The maximum Gasteiger partial charge on any atom is 0.336 e. The minimum Gasteiger partial charge on any atom is -0.493 e. The van der Waals surface area contributed by atoms with Gasteiger partial charge >= 0.3 is 5.63 Å². The highest BCUT2D eigenvalue weighted by Gasteiger charge is 2.01. The monoisotopic (exact) mass is 310 g/mol. The number of ether oxygens (including phenoxy) is 1. The van der Waals surface area contributed by atoms with Crippen LogP contribution in [0.15, 0.2) is 75.0 Å². The summed E-state index contributed by atoms with van der Waals surface area (Å²) >= 11 is 0. The summed E-state index contributed by atoms with van der Waals surface area (Å²) < 4.78 is 10.9. The van der Waals surface area contributed by atoms with Crippen molar-refractivity contribution < 1.29 is 9.15 Å². The van der Waals surface area contributed by atoms with E-state index < -0.39 is 0 Å². The third-order valence-corrected chi connectivity index (χ3v) is 3.27. The molecule has 23 heavy (non-hydrogen) atoms. The molecular formula is C20H22O3. The first-order chi connectivity index (χ1) is 10.9. The summed E-state index contributed by atoms with van der Waals surface area (Å²) in [5.41, 5.74) is 3.62. The van der Waals surface area contributed by atoms with Crippen LogP contribution in [0.3, 0.4) is 0 Å². The molecule has 0 spiro atoms. The molecule has 2 aromatic rings. The van der Waals surface area contributed by atoms with E-state index in [0.717, 1.165) is 17.4 Å². The van der Waals surface area contributed by atoms with E-state index in [-0.39, 0.29) is 5.63 Å². The summed E-state index contributed by atoms with van der Waals surface area (Å²) in [5, 5.41) is 0.881. The van der Waals surface area contributed by atoms with Crippen LogP contribution in [0, 0.1) is 0 Å². The molecule has 1 heterocycles. The standard InChI is InChI=1S/C20H22O3/c1-14(2)11-16(4)12-15(3)9-10-22-18-7-5-17-6-8-20(21)23-19(17)13-18/h5-8,11-13H,4,9-10H2,1-3H3/b15-12+. The first-order valence-electron chi connectivity index (χ1n) is 7.62. The van der Waals surface area contributed by atoms with Crippen molar-refractivity contribution in [2.24, 2.45) is 0 Å². The molecule has 2 rings (SSSR count). The zero-order valence-corrected chi connectivity index (χ0v) is 13.9. The second-order valence-electron chi connectivity index (χ2n) is 5.84. The first kappa shape index (κ1) is 16.8. The van der Waals surface area contributed by atoms with Crippen molar-refractivity contribution in [3.05, 3.63) is 76.2 Å². The van der Waals surface area contributed by atoms with Gasteiger partial charge in [0.2, 0.25) is 0 Å². The van der Waals surface area contributed by atoms with Gasteiger partial charge in [0.05, 0.1) is 6.61 Å². The zero-order valence-electron chi connectivity index (χ0n) is 13.9. The molecule has 1 aromatic heterocycles. The van der Waals surface area contributed by atoms with Crippen LogP contribution < -0.4 is 10.4 Å². The molecule has 120 valence electrons. The fourth-order valence-electron chi connectivity index (χ4n) is 2.26. The van der Waals surface area contributed by atoms with E-state index in [2.05, 4.69) is 39.5 Å². The largest absolute Gasteiger partial charge is 0.493 e. The van der Waals surface area contributed by atoms with Crippen molar-refractivity contribution in [2.75, 3.05) is 6.61 Å². The molecule has 0 amide bonds. The van der Waals surface area contributed by atoms with Crippen LogP contribution in [0.2, 0.25) is 0 Å². The third kappa shape index (κ3) is 5.29. The maximum atomic E-state index is 11.2. The maximum absolute atomic E-state index is 11.2. The molecule has 0 aliphatic carbocycles. The van der Waals surface area contributed by atoms with Gasteiger partial charge in [-0.1, -0.05) is 29.9 Å². The second-order valence-corrected chi connectivity index (χ2v) is 5.84. The van der Waals surface area contributed by atoms with Gasteiger partial charge in [-0.25, -0.2) is 4.79 Å². The number of benzene rings is 1. The predicted molar refractivity (Wildman–Crippen MR) is 94.9 cm³/mol. The quantitative estimate of drug-likeness (QED) is 0.555. The van der Waals surface area contributed by atoms with Crippen molar-refractivity contribution >= 4 is 11.0 Å². The van der Waals surface area contributed by atoms with Gasteiger partial charge in [0.1, 0.15) is 11.3 Å². The lowest BCUT2D eigenvalue weighted by Crippen LogP contribution is -1.99. The highest BCUT2D eigenvalue weighted by Crippen LogP contribution is 2.20. The van der Waals surface area contributed by atoms with Gasteiger partial charge < -0.3 is 9.15 Å². The topological polar surface area (TPSA) is 39.4 Å². The molecule has 0 saturated heterocycles. The average molecular weight is 310 g/mol. The summed E-state index contributed by atoms with van der Waals surface area (Å²) in [6, 6.07) is 8.66. The molecule has 0 bridgehead atoms. The fourth-order valence-corrected chi connectivity index (χ4v) is 2.26. The van der Waals surface area contributed by atoms with Crippen LogP contribution >= 0.6 is 0 Å². The third-order valence-electron chi connectivity index (χ3n) is 3.27. The second kappa shape index (κ2) is 7.63. The van der Waals surface area contributed by atoms with Crippen LogP contribution in [0.25, 0.3) is 11.0 Å². The van der Waals surface area contributed by atoms with Crippen molar-refractivity contribution in [1.29, 1.82) is 0 Å². The van der Waals surface area contributed by atoms with E-state index in [0.29, 0.717) is 17.9 Å². The SMILES string of the molecule is C=C(C=C(C)C)/C=C(\C)CCOc1ccc2ccc(=O)oc2c1. The van der Waals surface area contributed by atoms with E-state index >= 15 is 0 Å². The molecule has 0 N–H and O–H groups in total. The van der Waals surface area contributed by atoms with Crippen molar-refractivity contribution in [3.63, 3.8) is 0 Å². The Morgan fingerprint density at radius 1 is 1.17 bits per heavy atom. The molecule has 0 radical (unpaired) electrons. The van der Waals surface area contributed by atoms with Crippen molar-refractivity contribution in [3.8, 4) is 5.75 Å². The molecule has 3 heteroatoms. The van der Waals surface area contributed by atoms with E-state index in [1.165, 1.54) is 17.2 Å². The molecule has 3 nitrogen and oxygen atoms in total. The molecule has 0 atom stereocenters. The summed E-state index contributed by atoms with van der Waals surface area (Å²) in [6.45, 7) is 10.7. The van der Waals surface area contributed by atoms with Crippen molar-refractivity contribution in [2.45, 2.75) is 27.2 Å². The summed E-state index contributed by atoms with van der Waals surface area (Å²) in [6.07, 6.45) is 4.93. The molecule has 0 saturated carbocycles. The van der Waals surface area contributed by atoms with E-state index in [4.69, 9.17) is 9.15 Å². The zero-order chi connectivity index (χ0) is 16.8. The molecular weight excluding hydrogens is 288 g/mol. The number of hydrogen-bond donors (Lipinski definition) is 0. The lowest BCUT2D eigenvalue weighted by molar-refractivity contribution is 0.321. The van der Waals surface area contributed by atoms with E-state index in [9.17, 15) is 4.79 Å². The average Bonchev–Trinajstić information content (AvgIpc) is 2.45. The van der Waals surface area contributed by atoms with Crippen LogP contribution in [0.4, 0.5) is 0 Å². The Bertz CT molecular complexity index is 818. The Kier molecular flexibility index (Phi) is 5.58. The smallest absolute Gasteiger partial charge is 0.336 e. The molecule has 0 unspecified atom stereocenters. The van der Waals surface area contributed by atoms with Gasteiger partial charge in [-0.3, -0.25) is 0 Å². The predicted octanol–water partition coefficient (Wildman–Crippen LogP) is 5.03. The van der Waals surface area contributed by atoms with Crippen LogP contribution in [0.1, 0.15) is 27.2 Å². The lowest BCUT2D eigenvalue weighted by atomic mass is 10.1. The Morgan fingerprint density at radius 3 is 2.65 bits per heavy atom. The van der Waals surface area contributed by atoms with Crippen molar-refractivity contribution in [1.82, 2.24) is 0 Å². The minimum atomic E-state index is -0.355. The molecule has 0 aliphatic rings. The molecule has 0 fully saturated rings. The number of hydrogen-bond acceptors (Lipinski definition) is 3. The highest BCUT2D eigenvalue weighted by molar-refractivity contribution is 5.77. The van der Waals surface area contributed by atoms with Crippen LogP contribution in [-0.4, -0.2) is 6.61 Å². The Hall–Kier alpha value is -2.55. The summed E-state index contributed by atoms with van der Waals surface area (Å²) in [5.74, 6) is 0.697. The van der Waals surface area contributed by atoms with Gasteiger partial charge in [-0.05, 0) is 44.5 Å². The van der Waals surface area contributed by atoms with E-state index in [1.54, 1.807) is 12.1 Å². The van der Waals surface area contributed by atoms with Crippen LogP contribution in [-0.2, 0) is 0 Å². The van der Waals surface area contributed by atoms with Gasteiger partial charge in [-0.15, -0.1) is 0 Å².